The molecule has 6 heteroatoms. The second-order valence-corrected chi connectivity index (χ2v) is 4.44. The van der Waals surface area contributed by atoms with Gasteiger partial charge in [-0.3, -0.25) is 4.68 Å². The molecule has 0 aromatic carbocycles. The summed E-state index contributed by atoms with van der Waals surface area (Å²) in [5, 5.41) is 9.71. The van der Waals surface area contributed by atoms with Crippen molar-refractivity contribution >= 4 is 11.3 Å². The molecule has 0 aliphatic rings. The Morgan fingerprint density at radius 1 is 1.41 bits per heavy atom. The van der Waals surface area contributed by atoms with Gasteiger partial charge in [-0.05, 0) is 13.5 Å². The van der Waals surface area contributed by atoms with Crippen LogP contribution in [0, 0.1) is 0 Å². The maximum Gasteiger partial charge on any atom is 0.138 e. The number of nitrogens with zero attached hydrogens (tertiary/aromatic N) is 4. The Balaban J connectivity index is 2.13. The largest absolute Gasteiger partial charge is 0.309 e. The lowest BCUT2D eigenvalue weighted by molar-refractivity contribution is 0.502. The molecule has 92 valence electrons. The topological polar surface area (TPSA) is 55.6 Å². The standard InChI is InChI=1S/C11H17N5S/c1-3-12-9(10-6-17-8-14-10)5-11-13-7-15-16(11)4-2/h6-9,12H,3-5H2,1-2H3. The highest BCUT2D eigenvalue weighted by molar-refractivity contribution is 7.07. The third kappa shape index (κ3) is 2.89. The Kier molecular flexibility index (Phi) is 4.22. The maximum absolute atomic E-state index is 4.37. The molecular weight excluding hydrogens is 234 g/mol. The lowest BCUT2D eigenvalue weighted by Crippen LogP contribution is -2.24. The van der Waals surface area contributed by atoms with Crippen LogP contribution in [0.25, 0.3) is 0 Å². The molecule has 0 saturated heterocycles. The molecule has 5 nitrogen and oxygen atoms in total. The van der Waals surface area contributed by atoms with Gasteiger partial charge in [0.25, 0.3) is 0 Å². The van der Waals surface area contributed by atoms with E-state index in [4.69, 9.17) is 0 Å². The minimum atomic E-state index is 0.223. The van der Waals surface area contributed by atoms with Gasteiger partial charge in [0.1, 0.15) is 12.2 Å². The summed E-state index contributed by atoms with van der Waals surface area (Å²) in [6.07, 6.45) is 2.44. The molecule has 0 fully saturated rings. The molecule has 1 N–H and O–H groups in total. The molecule has 0 aliphatic carbocycles. The molecule has 0 amide bonds. The van der Waals surface area contributed by atoms with Gasteiger partial charge in [0.15, 0.2) is 0 Å². The SMILES string of the molecule is CCNC(Cc1ncnn1CC)c1cscn1. The Morgan fingerprint density at radius 3 is 2.94 bits per heavy atom. The van der Waals surface area contributed by atoms with E-state index >= 15 is 0 Å². The van der Waals surface area contributed by atoms with Crippen LogP contribution in [0.1, 0.15) is 31.4 Å². The zero-order valence-corrected chi connectivity index (χ0v) is 10.9. The van der Waals surface area contributed by atoms with E-state index in [0.29, 0.717) is 0 Å². The summed E-state index contributed by atoms with van der Waals surface area (Å²) in [5.41, 5.74) is 2.95. The van der Waals surface area contributed by atoms with E-state index in [1.165, 1.54) is 0 Å². The first kappa shape index (κ1) is 12.2. The minimum absolute atomic E-state index is 0.223. The van der Waals surface area contributed by atoms with Crippen molar-refractivity contribution in [3.63, 3.8) is 0 Å². The second-order valence-electron chi connectivity index (χ2n) is 3.72. The van der Waals surface area contributed by atoms with Gasteiger partial charge in [0.2, 0.25) is 0 Å². The molecule has 0 spiro atoms. The molecule has 2 aromatic heterocycles. The summed E-state index contributed by atoms with van der Waals surface area (Å²) in [7, 11) is 0. The number of rotatable bonds is 6. The predicted octanol–water partition coefficient (Wildman–Crippen LogP) is 1.65. The summed E-state index contributed by atoms with van der Waals surface area (Å²) in [6.45, 7) is 5.95. The first-order valence-corrected chi connectivity index (χ1v) is 6.77. The number of aryl methyl sites for hydroxylation is 1. The molecular formula is C11H17N5S. The maximum atomic E-state index is 4.37. The number of hydrogen-bond donors (Lipinski definition) is 1. The van der Waals surface area contributed by atoms with Crippen LogP contribution in [0.3, 0.4) is 0 Å². The Morgan fingerprint density at radius 2 is 2.29 bits per heavy atom. The van der Waals surface area contributed by atoms with Gasteiger partial charge in [0.05, 0.1) is 17.2 Å². The number of aromatic nitrogens is 4. The number of likely N-dealkylation sites (N-methyl/N-ethyl adjacent to an activating group) is 1. The van der Waals surface area contributed by atoms with E-state index in [1.807, 2.05) is 10.2 Å². The van der Waals surface area contributed by atoms with Crippen molar-refractivity contribution in [2.45, 2.75) is 32.9 Å². The molecule has 0 saturated carbocycles. The molecule has 1 unspecified atom stereocenters. The summed E-state index contributed by atoms with van der Waals surface area (Å²) in [6, 6.07) is 0.223. The van der Waals surface area contributed by atoms with Gasteiger partial charge in [-0.2, -0.15) is 5.10 Å². The van der Waals surface area contributed by atoms with Crippen molar-refractivity contribution in [3.05, 3.63) is 28.7 Å². The van der Waals surface area contributed by atoms with E-state index in [0.717, 1.165) is 31.0 Å². The van der Waals surface area contributed by atoms with Crippen molar-refractivity contribution in [2.75, 3.05) is 6.54 Å². The van der Waals surface area contributed by atoms with E-state index in [1.54, 1.807) is 17.7 Å². The van der Waals surface area contributed by atoms with E-state index in [9.17, 15) is 0 Å². The molecule has 0 bridgehead atoms. The zero-order chi connectivity index (χ0) is 12.1. The molecule has 1 atom stereocenters. The molecule has 2 heterocycles. The monoisotopic (exact) mass is 251 g/mol. The molecule has 2 aromatic rings. The molecule has 17 heavy (non-hydrogen) atoms. The fraction of sp³-hybridized carbons (Fsp3) is 0.545. The summed E-state index contributed by atoms with van der Waals surface area (Å²) in [5.74, 6) is 1.01. The van der Waals surface area contributed by atoms with Crippen LogP contribution in [0.2, 0.25) is 0 Å². The highest BCUT2D eigenvalue weighted by Gasteiger charge is 2.16. The van der Waals surface area contributed by atoms with Crippen LogP contribution >= 0.6 is 11.3 Å². The van der Waals surface area contributed by atoms with Gasteiger partial charge in [-0.15, -0.1) is 11.3 Å². The normalized spacial score (nSPS) is 12.8. The molecule has 2 rings (SSSR count). The average Bonchev–Trinajstić information content (AvgIpc) is 2.99. The van der Waals surface area contributed by atoms with Crippen molar-refractivity contribution in [1.82, 2.24) is 25.1 Å². The van der Waals surface area contributed by atoms with Gasteiger partial charge < -0.3 is 5.32 Å². The Bertz CT molecular complexity index is 436. The van der Waals surface area contributed by atoms with E-state index in [2.05, 4.69) is 39.6 Å². The van der Waals surface area contributed by atoms with Crippen molar-refractivity contribution in [1.29, 1.82) is 0 Å². The van der Waals surface area contributed by atoms with Gasteiger partial charge >= 0.3 is 0 Å². The summed E-state index contributed by atoms with van der Waals surface area (Å²) >= 11 is 1.62. The predicted molar refractivity (Wildman–Crippen MR) is 67.9 cm³/mol. The Labute approximate surface area is 105 Å². The van der Waals surface area contributed by atoms with Crippen LogP contribution < -0.4 is 5.32 Å². The van der Waals surface area contributed by atoms with E-state index in [-0.39, 0.29) is 6.04 Å². The van der Waals surface area contributed by atoms with Crippen molar-refractivity contribution < 1.29 is 0 Å². The zero-order valence-electron chi connectivity index (χ0n) is 10.1. The first-order valence-electron chi connectivity index (χ1n) is 5.83. The number of nitrogens with one attached hydrogen (secondary N) is 1. The average molecular weight is 251 g/mol. The number of thiazole rings is 1. The first-order chi connectivity index (χ1) is 8.35. The highest BCUT2D eigenvalue weighted by Crippen LogP contribution is 2.17. The van der Waals surface area contributed by atoms with Crippen LogP contribution in [0.4, 0.5) is 0 Å². The van der Waals surface area contributed by atoms with Crippen LogP contribution in [0.15, 0.2) is 17.2 Å². The fourth-order valence-electron chi connectivity index (χ4n) is 1.81. The lowest BCUT2D eigenvalue weighted by atomic mass is 10.1. The third-order valence-electron chi connectivity index (χ3n) is 2.64. The van der Waals surface area contributed by atoms with Crippen molar-refractivity contribution in [3.8, 4) is 0 Å². The van der Waals surface area contributed by atoms with Crippen LogP contribution in [-0.4, -0.2) is 26.3 Å². The lowest BCUT2D eigenvalue weighted by Gasteiger charge is -2.15. The van der Waals surface area contributed by atoms with Gasteiger partial charge in [-0.25, -0.2) is 9.97 Å². The summed E-state index contributed by atoms with van der Waals surface area (Å²) < 4.78 is 1.93. The minimum Gasteiger partial charge on any atom is -0.309 e. The molecule has 0 radical (unpaired) electrons. The second kappa shape index (κ2) is 5.88. The Hall–Kier alpha value is -1.27. The van der Waals surface area contributed by atoms with Crippen LogP contribution in [0.5, 0.6) is 0 Å². The fourth-order valence-corrected chi connectivity index (χ4v) is 2.42. The van der Waals surface area contributed by atoms with Gasteiger partial charge in [-0.1, -0.05) is 6.92 Å². The quantitative estimate of drug-likeness (QED) is 0.848. The van der Waals surface area contributed by atoms with Crippen molar-refractivity contribution in [2.24, 2.45) is 0 Å². The smallest absolute Gasteiger partial charge is 0.138 e. The summed E-state index contributed by atoms with van der Waals surface area (Å²) in [4.78, 5) is 8.68. The van der Waals surface area contributed by atoms with Gasteiger partial charge in [0, 0.05) is 18.3 Å². The highest BCUT2D eigenvalue weighted by atomic mass is 32.1. The number of hydrogen-bond acceptors (Lipinski definition) is 5. The van der Waals surface area contributed by atoms with Crippen LogP contribution in [-0.2, 0) is 13.0 Å². The third-order valence-corrected chi connectivity index (χ3v) is 3.25. The molecule has 0 aliphatic heterocycles. The van der Waals surface area contributed by atoms with E-state index < -0.39 is 0 Å².